The van der Waals surface area contributed by atoms with Gasteiger partial charge in [-0.05, 0) is 30.4 Å². The number of rotatable bonds is 5. The fourth-order valence-electron chi connectivity index (χ4n) is 4.73. The SMILES string of the molecule is CCc1ccccc1CN1CCOC[C@]2(CC[C@@H](CN3CCOCC3)O2)C1. The van der Waals surface area contributed by atoms with E-state index in [1.807, 2.05) is 0 Å². The summed E-state index contributed by atoms with van der Waals surface area (Å²) in [5.41, 5.74) is 2.77. The summed E-state index contributed by atoms with van der Waals surface area (Å²) in [6, 6.07) is 8.83. The first-order chi connectivity index (χ1) is 13.3. The van der Waals surface area contributed by atoms with E-state index in [-0.39, 0.29) is 5.60 Å². The number of nitrogens with zero attached hydrogens (tertiary/aromatic N) is 2. The van der Waals surface area contributed by atoms with Crippen LogP contribution in [0.3, 0.4) is 0 Å². The topological polar surface area (TPSA) is 34.2 Å². The van der Waals surface area contributed by atoms with Crippen molar-refractivity contribution in [2.75, 3.05) is 59.2 Å². The molecule has 27 heavy (non-hydrogen) atoms. The van der Waals surface area contributed by atoms with Gasteiger partial charge in [0.2, 0.25) is 0 Å². The van der Waals surface area contributed by atoms with Crippen molar-refractivity contribution in [3.8, 4) is 0 Å². The molecule has 3 aliphatic rings. The Hall–Kier alpha value is -0.980. The molecule has 3 aliphatic heterocycles. The largest absolute Gasteiger partial charge is 0.379 e. The van der Waals surface area contributed by atoms with E-state index in [2.05, 4.69) is 41.0 Å². The van der Waals surface area contributed by atoms with Crippen LogP contribution in [0.25, 0.3) is 0 Å². The lowest BCUT2D eigenvalue weighted by Crippen LogP contribution is -2.46. The second kappa shape index (κ2) is 9.01. The Morgan fingerprint density at radius 1 is 1.00 bits per heavy atom. The molecule has 2 atom stereocenters. The van der Waals surface area contributed by atoms with Crippen molar-refractivity contribution in [3.05, 3.63) is 35.4 Å². The molecule has 3 heterocycles. The first kappa shape index (κ1) is 19.3. The fraction of sp³-hybridized carbons (Fsp3) is 0.727. The fourth-order valence-corrected chi connectivity index (χ4v) is 4.73. The summed E-state index contributed by atoms with van der Waals surface area (Å²) in [5, 5.41) is 0. The molecule has 3 saturated heterocycles. The molecule has 5 nitrogen and oxygen atoms in total. The van der Waals surface area contributed by atoms with Gasteiger partial charge < -0.3 is 14.2 Å². The standard InChI is InChI=1S/C22H34N2O3/c1-2-19-5-3-4-6-20(19)15-24-11-14-26-18-22(17-24)8-7-21(27-22)16-23-9-12-25-13-10-23/h3-6,21H,2,7-18H2,1H3/t21-,22-/m0/s1. The molecular formula is C22H34N2O3. The minimum absolute atomic E-state index is 0.130. The maximum absolute atomic E-state index is 6.65. The third-order valence-electron chi connectivity index (χ3n) is 6.23. The molecule has 1 spiro atoms. The van der Waals surface area contributed by atoms with Gasteiger partial charge >= 0.3 is 0 Å². The van der Waals surface area contributed by atoms with E-state index < -0.39 is 0 Å². The van der Waals surface area contributed by atoms with Gasteiger partial charge in [0.1, 0.15) is 5.60 Å². The molecule has 4 rings (SSSR count). The zero-order chi connectivity index (χ0) is 18.5. The molecule has 0 unspecified atom stereocenters. The second-order valence-corrected chi connectivity index (χ2v) is 8.26. The van der Waals surface area contributed by atoms with Crippen molar-refractivity contribution >= 4 is 0 Å². The molecule has 0 bridgehead atoms. The van der Waals surface area contributed by atoms with E-state index >= 15 is 0 Å². The monoisotopic (exact) mass is 374 g/mol. The van der Waals surface area contributed by atoms with Gasteiger partial charge in [-0.25, -0.2) is 0 Å². The van der Waals surface area contributed by atoms with E-state index in [0.717, 1.165) is 85.0 Å². The molecule has 3 fully saturated rings. The third kappa shape index (κ3) is 4.90. The molecule has 0 saturated carbocycles. The van der Waals surface area contributed by atoms with E-state index in [9.17, 15) is 0 Å². The van der Waals surface area contributed by atoms with Crippen molar-refractivity contribution in [1.29, 1.82) is 0 Å². The second-order valence-electron chi connectivity index (χ2n) is 8.26. The van der Waals surface area contributed by atoms with Gasteiger partial charge in [-0.2, -0.15) is 0 Å². The smallest absolute Gasteiger partial charge is 0.105 e. The highest BCUT2D eigenvalue weighted by molar-refractivity contribution is 5.27. The summed E-state index contributed by atoms with van der Waals surface area (Å²) in [7, 11) is 0. The van der Waals surface area contributed by atoms with Crippen LogP contribution in [0.1, 0.15) is 30.9 Å². The van der Waals surface area contributed by atoms with Crippen LogP contribution in [-0.4, -0.2) is 80.7 Å². The maximum atomic E-state index is 6.65. The van der Waals surface area contributed by atoms with Gasteiger partial charge in [-0.3, -0.25) is 9.80 Å². The first-order valence-electron chi connectivity index (χ1n) is 10.6. The van der Waals surface area contributed by atoms with Gasteiger partial charge in [0.25, 0.3) is 0 Å². The Kier molecular flexibility index (Phi) is 6.46. The zero-order valence-electron chi connectivity index (χ0n) is 16.7. The quantitative estimate of drug-likeness (QED) is 0.790. The molecule has 0 N–H and O–H groups in total. The van der Waals surface area contributed by atoms with E-state index in [4.69, 9.17) is 14.2 Å². The summed E-state index contributed by atoms with van der Waals surface area (Å²) in [6.07, 6.45) is 3.66. The molecular weight excluding hydrogens is 340 g/mol. The normalized spacial score (nSPS) is 30.6. The Morgan fingerprint density at radius 3 is 2.56 bits per heavy atom. The summed E-state index contributed by atoms with van der Waals surface area (Å²) in [5.74, 6) is 0. The highest BCUT2D eigenvalue weighted by atomic mass is 16.6. The molecule has 5 heteroatoms. The van der Waals surface area contributed by atoms with Crippen LogP contribution in [-0.2, 0) is 27.2 Å². The average Bonchev–Trinajstić information content (AvgIpc) is 2.97. The van der Waals surface area contributed by atoms with Crippen molar-refractivity contribution in [3.63, 3.8) is 0 Å². The van der Waals surface area contributed by atoms with Crippen LogP contribution >= 0.6 is 0 Å². The molecule has 1 aromatic rings. The number of morpholine rings is 1. The summed E-state index contributed by atoms with van der Waals surface area (Å²) >= 11 is 0. The minimum atomic E-state index is -0.130. The van der Waals surface area contributed by atoms with Crippen LogP contribution in [0.2, 0.25) is 0 Å². The molecule has 150 valence electrons. The van der Waals surface area contributed by atoms with Crippen molar-refractivity contribution < 1.29 is 14.2 Å². The predicted octanol–water partition coefficient (Wildman–Crippen LogP) is 2.33. The molecule has 0 aliphatic carbocycles. The molecule has 1 aromatic carbocycles. The zero-order valence-corrected chi connectivity index (χ0v) is 16.7. The number of aryl methyl sites for hydroxylation is 1. The van der Waals surface area contributed by atoms with Crippen molar-refractivity contribution in [2.24, 2.45) is 0 Å². The highest BCUT2D eigenvalue weighted by Crippen LogP contribution is 2.34. The maximum Gasteiger partial charge on any atom is 0.105 e. The van der Waals surface area contributed by atoms with Crippen LogP contribution < -0.4 is 0 Å². The Bertz CT molecular complexity index is 605. The summed E-state index contributed by atoms with van der Waals surface area (Å²) in [4.78, 5) is 5.03. The summed E-state index contributed by atoms with van der Waals surface area (Å²) in [6.45, 7) is 11.5. The number of hydrogen-bond donors (Lipinski definition) is 0. The molecule has 0 aromatic heterocycles. The van der Waals surface area contributed by atoms with Crippen LogP contribution in [0.15, 0.2) is 24.3 Å². The van der Waals surface area contributed by atoms with Gasteiger partial charge in [0.15, 0.2) is 0 Å². The lowest BCUT2D eigenvalue weighted by Gasteiger charge is -2.34. The first-order valence-corrected chi connectivity index (χ1v) is 10.6. The number of hydrogen-bond acceptors (Lipinski definition) is 5. The van der Waals surface area contributed by atoms with Crippen molar-refractivity contribution in [2.45, 2.75) is 44.4 Å². The van der Waals surface area contributed by atoms with E-state index in [1.54, 1.807) is 0 Å². The lowest BCUT2D eigenvalue weighted by molar-refractivity contribution is -0.0967. The number of ether oxygens (including phenoxy) is 3. The predicted molar refractivity (Wildman–Crippen MR) is 106 cm³/mol. The van der Waals surface area contributed by atoms with Gasteiger partial charge in [-0.15, -0.1) is 0 Å². The van der Waals surface area contributed by atoms with E-state index in [0.29, 0.717) is 6.10 Å². The number of benzene rings is 1. The van der Waals surface area contributed by atoms with Crippen LogP contribution in [0.5, 0.6) is 0 Å². The summed E-state index contributed by atoms with van der Waals surface area (Å²) < 4.78 is 18.1. The van der Waals surface area contributed by atoms with Gasteiger partial charge in [0.05, 0.1) is 32.5 Å². The highest BCUT2D eigenvalue weighted by Gasteiger charge is 2.43. The Balaban J connectivity index is 1.38. The lowest BCUT2D eigenvalue weighted by atomic mass is 9.99. The molecule has 0 amide bonds. The van der Waals surface area contributed by atoms with Gasteiger partial charge in [-0.1, -0.05) is 31.2 Å². The minimum Gasteiger partial charge on any atom is -0.379 e. The third-order valence-corrected chi connectivity index (χ3v) is 6.23. The van der Waals surface area contributed by atoms with Crippen LogP contribution in [0, 0.1) is 0 Å². The van der Waals surface area contributed by atoms with Crippen LogP contribution in [0.4, 0.5) is 0 Å². The van der Waals surface area contributed by atoms with E-state index in [1.165, 1.54) is 11.1 Å². The average molecular weight is 375 g/mol. The van der Waals surface area contributed by atoms with Gasteiger partial charge in [0, 0.05) is 39.3 Å². The Labute approximate surface area is 163 Å². The Morgan fingerprint density at radius 2 is 1.74 bits per heavy atom. The van der Waals surface area contributed by atoms with Crippen molar-refractivity contribution in [1.82, 2.24) is 9.80 Å². The molecule has 0 radical (unpaired) electrons.